The second-order valence-corrected chi connectivity index (χ2v) is 5.36. The molecule has 1 aliphatic rings. The van der Waals surface area contributed by atoms with Crippen molar-refractivity contribution >= 4 is 6.03 Å². The van der Waals surface area contributed by atoms with E-state index < -0.39 is 0 Å². The van der Waals surface area contributed by atoms with Gasteiger partial charge in [-0.3, -0.25) is 4.90 Å². The first-order valence-corrected chi connectivity index (χ1v) is 7.55. The summed E-state index contributed by atoms with van der Waals surface area (Å²) in [5.41, 5.74) is 0.961. The van der Waals surface area contributed by atoms with Gasteiger partial charge in [0, 0.05) is 44.1 Å². The van der Waals surface area contributed by atoms with Gasteiger partial charge in [-0.1, -0.05) is 6.92 Å². The van der Waals surface area contributed by atoms with Crippen LogP contribution in [0.4, 0.5) is 4.79 Å². The van der Waals surface area contributed by atoms with Gasteiger partial charge in [-0.25, -0.2) is 9.78 Å². The van der Waals surface area contributed by atoms with Gasteiger partial charge in [0.1, 0.15) is 5.82 Å². The number of likely N-dealkylation sites (N-methyl/N-ethyl adjacent to an activating group) is 1. The number of aromatic amines is 1. The molecule has 0 aromatic carbocycles. The van der Waals surface area contributed by atoms with Crippen LogP contribution in [0.25, 0.3) is 0 Å². The van der Waals surface area contributed by atoms with Crippen molar-refractivity contribution in [3.05, 3.63) is 42.4 Å². The number of urea groups is 1. The second-order valence-electron chi connectivity index (χ2n) is 5.36. The Balaban J connectivity index is 1.61. The number of nitrogens with zero attached hydrogens (tertiary/aromatic N) is 3. The number of piperazine rings is 1. The van der Waals surface area contributed by atoms with Crippen LogP contribution in [-0.2, 0) is 6.54 Å². The third-order valence-electron chi connectivity index (χ3n) is 4.04. The fourth-order valence-corrected chi connectivity index (χ4v) is 2.79. The van der Waals surface area contributed by atoms with Crippen LogP contribution in [0.2, 0.25) is 0 Å². The number of imidazole rings is 1. The molecule has 7 nitrogen and oxygen atoms in total. The van der Waals surface area contributed by atoms with E-state index in [1.54, 1.807) is 18.7 Å². The summed E-state index contributed by atoms with van der Waals surface area (Å²) >= 11 is 0. The van der Waals surface area contributed by atoms with Crippen LogP contribution in [0.5, 0.6) is 0 Å². The molecule has 2 N–H and O–H groups in total. The number of rotatable bonds is 4. The fourth-order valence-electron chi connectivity index (χ4n) is 2.79. The number of amides is 2. The zero-order valence-corrected chi connectivity index (χ0v) is 12.7. The number of aromatic nitrogens is 2. The maximum absolute atomic E-state index is 12.3. The van der Waals surface area contributed by atoms with Crippen molar-refractivity contribution in [3.63, 3.8) is 0 Å². The van der Waals surface area contributed by atoms with Crippen LogP contribution in [-0.4, -0.2) is 52.0 Å². The molecule has 2 aromatic heterocycles. The van der Waals surface area contributed by atoms with Crippen molar-refractivity contribution in [2.75, 3.05) is 26.2 Å². The SMILES string of the molecule is CCN1CCN(C(=O)NCc2ccoc2)C[C@H]1c1ncc[nH]1. The number of carbonyl (C=O) groups is 1. The van der Waals surface area contributed by atoms with Gasteiger partial charge in [-0.15, -0.1) is 0 Å². The van der Waals surface area contributed by atoms with Gasteiger partial charge in [-0.05, 0) is 12.6 Å². The maximum Gasteiger partial charge on any atom is 0.317 e. The Morgan fingerprint density at radius 1 is 1.55 bits per heavy atom. The number of hydrogen-bond donors (Lipinski definition) is 2. The monoisotopic (exact) mass is 303 g/mol. The minimum absolute atomic E-state index is 0.0477. The Kier molecular flexibility index (Phi) is 4.43. The lowest BCUT2D eigenvalue weighted by Crippen LogP contribution is -2.53. The van der Waals surface area contributed by atoms with Crippen LogP contribution >= 0.6 is 0 Å². The zero-order valence-electron chi connectivity index (χ0n) is 12.7. The summed E-state index contributed by atoms with van der Waals surface area (Å²) in [6.45, 7) is 5.76. The van der Waals surface area contributed by atoms with Gasteiger partial charge in [0.25, 0.3) is 0 Å². The third-order valence-corrected chi connectivity index (χ3v) is 4.04. The molecule has 22 heavy (non-hydrogen) atoms. The van der Waals surface area contributed by atoms with Gasteiger partial charge < -0.3 is 19.6 Å². The molecule has 0 aliphatic carbocycles. The lowest BCUT2D eigenvalue weighted by molar-refractivity contribution is 0.0896. The Bertz CT molecular complexity index is 581. The summed E-state index contributed by atoms with van der Waals surface area (Å²) < 4.78 is 5.00. The molecule has 1 saturated heterocycles. The Labute approximate surface area is 129 Å². The van der Waals surface area contributed by atoms with Gasteiger partial charge in [0.05, 0.1) is 18.6 Å². The molecule has 2 aromatic rings. The smallest absolute Gasteiger partial charge is 0.317 e. The standard InChI is InChI=1S/C15H21N5O2/c1-2-19-6-7-20(10-13(19)14-16-4-5-17-14)15(21)18-9-12-3-8-22-11-12/h3-5,8,11,13H,2,6-7,9-10H2,1H3,(H,16,17)(H,18,21)/t13-/m0/s1. The van der Waals surface area contributed by atoms with E-state index in [0.717, 1.165) is 31.0 Å². The van der Waals surface area contributed by atoms with E-state index in [9.17, 15) is 4.79 Å². The van der Waals surface area contributed by atoms with E-state index in [1.807, 2.05) is 17.2 Å². The van der Waals surface area contributed by atoms with Crippen LogP contribution < -0.4 is 5.32 Å². The average molecular weight is 303 g/mol. The highest BCUT2D eigenvalue weighted by molar-refractivity contribution is 5.74. The Morgan fingerprint density at radius 3 is 3.14 bits per heavy atom. The molecule has 2 amide bonds. The molecule has 0 saturated carbocycles. The first kappa shape index (κ1) is 14.6. The third kappa shape index (κ3) is 3.14. The number of furan rings is 1. The lowest BCUT2D eigenvalue weighted by atomic mass is 10.1. The first-order chi connectivity index (χ1) is 10.8. The van der Waals surface area contributed by atoms with Crippen molar-refractivity contribution in [1.82, 2.24) is 25.1 Å². The molecule has 7 heteroatoms. The molecule has 3 rings (SSSR count). The highest BCUT2D eigenvalue weighted by Gasteiger charge is 2.31. The van der Waals surface area contributed by atoms with E-state index >= 15 is 0 Å². The topological polar surface area (TPSA) is 77.4 Å². The molecule has 0 radical (unpaired) electrons. The minimum Gasteiger partial charge on any atom is -0.472 e. The summed E-state index contributed by atoms with van der Waals surface area (Å²) in [7, 11) is 0. The van der Waals surface area contributed by atoms with Crippen molar-refractivity contribution in [2.45, 2.75) is 19.5 Å². The van der Waals surface area contributed by atoms with Crippen molar-refractivity contribution in [2.24, 2.45) is 0 Å². The van der Waals surface area contributed by atoms with Gasteiger partial charge in [0.2, 0.25) is 0 Å². The summed E-state index contributed by atoms with van der Waals surface area (Å²) in [6, 6.07) is 1.92. The van der Waals surface area contributed by atoms with Crippen molar-refractivity contribution in [1.29, 1.82) is 0 Å². The Morgan fingerprint density at radius 2 is 2.45 bits per heavy atom. The van der Waals surface area contributed by atoms with Gasteiger partial charge in [-0.2, -0.15) is 0 Å². The highest BCUT2D eigenvalue weighted by atomic mass is 16.3. The van der Waals surface area contributed by atoms with Crippen molar-refractivity contribution < 1.29 is 9.21 Å². The predicted molar refractivity (Wildman–Crippen MR) is 81.1 cm³/mol. The molecular weight excluding hydrogens is 282 g/mol. The van der Waals surface area contributed by atoms with E-state index in [-0.39, 0.29) is 12.1 Å². The van der Waals surface area contributed by atoms with Gasteiger partial charge in [0.15, 0.2) is 0 Å². The molecule has 1 atom stereocenters. The lowest BCUT2D eigenvalue weighted by Gasteiger charge is -2.39. The predicted octanol–water partition coefficient (Wildman–Crippen LogP) is 1.59. The number of hydrogen-bond acceptors (Lipinski definition) is 4. The highest BCUT2D eigenvalue weighted by Crippen LogP contribution is 2.22. The molecular formula is C15H21N5O2. The fraction of sp³-hybridized carbons (Fsp3) is 0.467. The summed E-state index contributed by atoms with van der Waals surface area (Å²) in [4.78, 5) is 24.0. The molecule has 0 unspecified atom stereocenters. The molecule has 0 bridgehead atoms. The molecule has 1 fully saturated rings. The number of nitrogens with one attached hydrogen (secondary N) is 2. The molecule has 3 heterocycles. The van der Waals surface area contributed by atoms with E-state index in [0.29, 0.717) is 13.1 Å². The molecule has 118 valence electrons. The average Bonchev–Trinajstić information content (AvgIpc) is 3.25. The molecule has 1 aliphatic heterocycles. The summed E-state index contributed by atoms with van der Waals surface area (Å²) in [6.07, 6.45) is 6.82. The maximum atomic E-state index is 12.3. The number of H-pyrrole nitrogens is 1. The quantitative estimate of drug-likeness (QED) is 0.899. The number of carbonyl (C=O) groups excluding carboxylic acids is 1. The summed E-state index contributed by atoms with van der Waals surface area (Å²) in [5, 5.41) is 2.93. The van der Waals surface area contributed by atoms with Crippen LogP contribution in [0.15, 0.2) is 35.4 Å². The van der Waals surface area contributed by atoms with Crippen molar-refractivity contribution in [3.8, 4) is 0 Å². The zero-order chi connectivity index (χ0) is 15.4. The second kappa shape index (κ2) is 6.65. The normalized spacial score (nSPS) is 19.3. The largest absolute Gasteiger partial charge is 0.472 e. The molecule has 0 spiro atoms. The van der Waals surface area contributed by atoms with Crippen LogP contribution in [0, 0.1) is 0 Å². The summed E-state index contributed by atoms with van der Waals surface area (Å²) in [5.74, 6) is 0.911. The Hall–Kier alpha value is -2.28. The minimum atomic E-state index is -0.0477. The first-order valence-electron chi connectivity index (χ1n) is 7.55. The van der Waals surface area contributed by atoms with Crippen LogP contribution in [0.3, 0.4) is 0 Å². The van der Waals surface area contributed by atoms with Gasteiger partial charge >= 0.3 is 6.03 Å². The van der Waals surface area contributed by atoms with E-state index in [4.69, 9.17) is 4.42 Å². The van der Waals surface area contributed by atoms with E-state index in [1.165, 1.54) is 0 Å². The van der Waals surface area contributed by atoms with Crippen LogP contribution in [0.1, 0.15) is 24.4 Å². The van der Waals surface area contributed by atoms with E-state index in [2.05, 4.69) is 27.1 Å².